The molecule has 1 aromatic heterocycles. The van der Waals surface area contributed by atoms with E-state index in [0.29, 0.717) is 18.1 Å². The van der Waals surface area contributed by atoms with E-state index in [-0.39, 0.29) is 11.5 Å². The number of aromatic nitrogens is 2. The predicted octanol–water partition coefficient (Wildman–Crippen LogP) is 0.817. The average molecular weight is 250 g/mol. The zero-order chi connectivity index (χ0) is 13.0. The summed E-state index contributed by atoms with van der Waals surface area (Å²) in [4.78, 5) is 19.9. The maximum atomic E-state index is 11.9. The molecule has 1 fully saturated rings. The van der Waals surface area contributed by atoms with Crippen LogP contribution in [0.15, 0.2) is 12.4 Å². The van der Waals surface area contributed by atoms with Crippen LogP contribution in [0.2, 0.25) is 0 Å². The Morgan fingerprint density at radius 3 is 2.89 bits per heavy atom. The van der Waals surface area contributed by atoms with E-state index < -0.39 is 0 Å². The Morgan fingerprint density at radius 2 is 2.33 bits per heavy atom. The van der Waals surface area contributed by atoms with E-state index in [1.807, 2.05) is 6.92 Å². The van der Waals surface area contributed by atoms with Gasteiger partial charge < -0.3 is 15.4 Å². The van der Waals surface area contributed by atoms with E-state index in [1.54, 1.807) is 7.05 Å². The van der Waals surface area contributed by atoms with Crippen molar-refractivity contribution in [2.24, 2.45) is 0 Å². The van der Waals surface area contributed by atoms with Crippen molar-refractivity contribution in [3.05, 3.63) is 18.1 Å². The number of amides is 1. The minimum Gasteiger partial charge on any atom is -0.373 e. The smallest absolute Gasteiger partial charge is 0.271 e. The molecule has 2 heterocycles. The molecule has 1 atom stereocenters. The Bertz CT molecular complexity index is 413. The summed E-state index contributed by atoms with van der Waals surface area (Å²) in [6.45, 7) is 3.28. The summed E-state index contributed by atoms with van der Waals surface area (Å²) < 4.78 is 5.60. The first kappa shape index (κ1) is 12.8. The number of hydrogen-bond donors (Lipinski definition) is 2. The SMILES string of the molecule is CNc1cnc(C(=O)NCC2(C)CCCO2)cn1. The fraction of sp³-hybridized carbons (Fsp3) is 0.583. The van der Waals surface area contributed by atoms with Crippen molar-refractivity contribution in [2.45, 2.75) is 25.4 Å². The van der Waals surface area contributed by atoms with Gasteiger partial charge in [0, 0.05) is 20.2 Å². The quantitative estimate of drug-likeness (QED) is 0.827. The molecular weight excluding hydrogens is 232 g/mol. The van der Waals surface area contributed by atoms with Crippen molar-refractivity contribution in [3.63, 3.8) is 0 Å². The van der Waals surface area contributed by atoms with Crippen molar-refractivity contribution in [1.82, 2.24) is 15.3 Å². The lowest BCUT2D eigenvalue weighted by Crippen LogP contribution is -2.40. The topological polar surface area (TPSA) is 76.1 Å². The molecule has 1 aliphatic rings. The highest BCUT2D eigenvalue weighted by atomic mass is 16.5. The van der Waals surface area contributed by atoms with Crippen LogP contribution in [-0.4, -0.2) is 41.7 Å². The van der Waals surface area contributed by atoms with Crippen molar-refractivity contribution >= 4 is 11.7 Å². The standard InChI is InChI=1S/C12H18N4O2/c1-12(4-3-5-18-12)8-16-11(17)9-6-15-10(13-2)7-14-9/h6-7H,3-5,8H2,1-2H3,(H,13,15)(H,16,17). The van der Waals surface area contributed by atoms with Crippen LogP contribution in [0.3, 0.4) is 0 Å². The first-order chi connectivity index (χ1) is 8.63. The molecule has 0 spiro atoms. The molecule has 1 unspecified atom stereocenters. The number of ether oxygens (including phenoxy) is 1. The molecule has 2 N–H and O–H groups in total. The van der Waals surface area contributed by atoms with Gasteiger partial charge in [0.2, 0.25) is 0 Å². The highest BCUT2D eigenvalue weighted by molar-refractivity contribution is 5.92. The van der Waals surface area contributed by atoms with Gasteiger partial charge in [0.1, 0.15) is 11.5 Å². The minimum absolute atomic E-state index is 0.220. The molecule has 0 radical (unpaired) electrons. The van der Waals surface area contributed by atoms with Crippen LogP contribution in [-0.2, 0) is 4.74 Å². The van der Waals surface area contributed by atoms with Crippen LogP contribution in [0.25, 0.3) is 0 Å². The van der Waals surface area contributed by atoms with Crippen LogP contribution < -0.4 is 10.6 Å². The number of anilines is 1. The van der Waals surface area contributed by atoms with Gasteiger partial charge in [0.25, 0.3) is 5.91 Å². The highest BCUT2D eigenvalue weighted by Gasteiger charge is 2.30. The fourth-order valence-corrected chi connectivity index (χ4v) is 1.91. The van der Waals surface area contributed by atoms with Crippen molar-refractivity contribution in [1.29, 1.82) is 0 Å². The number of carbonyl (C=O) groups excluding carboxylic acids is 1. The maximum Gasteiger partial charge on any atom is 0.271 e. The van der Waals surface area contributed by atoms with Gasteiger partial charge in [0.15, 0.2) is 0 Å². The number of nitrogens with zero attached hydrogens (tertiary/aromatic N) is 2. The Morgan fingerprint density at radius 1 is 1.50 bits per heavy atom. The molecule has 2 rings (SSSR count). The summed E-state index contributed by atoms with van der Waals surface area (Å²) in [6, 6.07) is 0. The largest absolute Gasteiger partial charge is 0.373 e. The van der Waals surface area contributed by atoms with Gasteiger partial charge in [-0.25, -0.2) is 9.97 Å². The van der Waals surface area contributed by atoms with Crippen LogP contribution in [0, 0.1) is 0 Å². The van der Waals surface area contributed by atoms with Crippen molar-refractivity contribution in [3.8, 4) is 0 Å². The molecule has 98 valence electrons. The Balaban J connectivity index is 1.90. The predicted molar refractivity (Wildman–Crippen MR) is 67.5 cm³/mol. The Kier molecular flexibility index (Phi) is 3.76. The fourth-order valence-electron chi connectivity index (χ4n) is 1.91. The minimum atomic E-state index is -0.242. The first-order valence-corrected chi connectivity index (χ1v) is 6.05. The zero-order valence-corrected chi connectivity index (χ0v) is 10.7. The number of rotatable bonds is 4. The lowest BCUT2D eigenvalue weighted by molar-refractivity contribution is 0.0205. The highest BCUT2D eigenvalue weighted by Crippen LogP contribution is 2.23. The summed E-state index contributed by atoms with van der Waals surface area (Å²) in [5.41, 5.74) is 0.0733. The third-order valence-corrected chi connectivity index (χ3v) is 3.06. The molecule has 18 heavy (non-hydrogen) atoms. The molecule has 1 amide bonds. The second kappa shape index (κ2) is 5.30. The van der Waals surface area contributed by atoms with E-state index in [9.17, 15) is 4.79 Å². The molecule has 6 heteroatoms. The van der Waals surface area contributed by atoms with Crippen LogP contribution in [0.4, 0.5) is 5.82 Å². The summed E-state index contributed by atoms with van der Waals surface area (Å²) in [5.74, 6) is 0.416. The lowest BCUT2D eigenvalue weighted by Gasteiger charge is -2.23. The summed E-state index contributed by atoms with van der Waals surface area (Å²) in [5, 5.41) is 5.68. The van der Waals surface area contributed by atoms with Gasteiger partial charge in [-0.15, -0.1) is 0 Å². The first-order valence-electron chi connectivity index (χ1n) is 6.05. The molecule has 0 bridgehead atoms. The summed E-state index contributed by atoms with van der Waals surface area (Å²) in [7, 11) is 1.75. The Hall–Kier alpha value is -1.69. The van der Waals surface area contributed by atoms with Crippen molar-refractivity contribution in [2.75, 3.05) is 25.5 Å². The number of carbonyl (C=O) groups is 1. The molecule has 0 aliphatic carbocycles. The monoisotopic (exact) mass is 250 g/mol. The van der Waals surface area contributed by atoms with Crippen LogP contribution in [0.1, 0.15) is 30.3 Å². The third-order valence-electron chi connectivity index (χ3n) is 3.06. The van der Waals surface area contributed by atoms with Crippen molar-refractivity contribution < 1.29 is 9.53 Å². The normalized spacial score (nSPS) is 22.8. The van der Waals surface area contributed by atoms with Gasteiger partial charge in [-0.2, -0.15) is 0 Å². The molecule has 6 nitrogen and oxygen atoms in total. The van der Waals surface area contributed by atoms with Gasteiger partial charge in [-0.1, -0.05) is 0 Å². The molecule has 0 saturated carbocycles. The Labute approximate surface area is 106 Å². The van der Waals surface area contributed by atoms with Gasteiger partial charge >= 0.3 is 0 Å². The molecule has 1 aliphatic heterocycles. The molecule has 1 aromatic rings. The van der Waals surface area contributed by atoms with E-state index in [0.717, 1.165) is 19.4 Å². The second-order valence-electron chi connectivity index (χ2n) is 4.62. The summed E-state index contributed by atoms with van der Waals surface area (Å²) >= 11 is 0. The maximum absolute atomic E-state index is 11.9. The van der Waals surface area contributed by atoms with Crippen LogP contribution >= 0.6 is 0 Å². The second-order valence-corrected chi connectivity index (χ2v) is 4.62. The average Bonchev–Trinajstić information content (AvgIpc) is 2.83. The molecule has 0 aromatic carbocycles. The zero-order valence-electron chi connectivity index (χ0n) is 10.7. The van der Waals surface area contributed by atoms with E-state index in [2.05, 4.69) is 20.6 Å². The van der Waals surface area contributed by atoms with E-state index in [4.69, 9.17) is 4.74 Å². The van der Waals surface area contributed by atoms with Crippen LogP contribution in [0.5, 0.6) is 0 Å². The van der Waals surface area contributed by atoms with E-state index in [1.165, 1.54) is 12.4 Å². The van der Waals surface area contributed by atoms with Gasteiger partial charge in [0.05, 0.1) is 18.0 Å². The van der Waals surface area contributed by atoms with Gasteiger partial charge in [-0.05, 0) is 19.8 Å². The number of nitrogens with one attached hydrogen (secondary N) is 2. The lowest BCUT2D eigenvalue weighted by atomic mass is 10.0. The molecule has 1 saturated heterocycles. The molecular formula is C12H18N4O2. The van der Waals surface area contributed by atoms with Gasteiger partial charge in [-0.3, -0.25) is 4.79 Å². The van der Waals surface area contributed by atoms with E-state index >= 15 is 0 Å². The summed E-state index contributed by atoms with van der Waals surface area (Å²) in [6.07, 6.45) is 5.00. The third kappa shape index (κ3) is 2.95. The number of hydrogen-bond acceptors (Lipinski definition) is 5.